The number of aryl methyl sites for hydroxylation is 1. The van der Waals surface area contributed by atoms with E-state index in [1.807, 2.05) is 0 Å². The van der Waals surface area contributed by atoms with Gasteiger partial charge >= 0.3 is 5.97 Å². The average Bonchev–Trinajstić information content (AvgIpc) is 2.22. The molecule has 0 unspecified atom stereocenters. The van der Waals surface area contributed by atoms with Gasteiger partial charge in [0, 0.05) is 5.56 Å². The van der Waals surface area contributed by atoms with Crippen molar-refractivity contribution < 1.29 is 18.3 Å². The molecule has 0 fully saturated rings. The molecule has 0 N–H and O–H groups in total. The molecule has 1 rings (SSSR count). The number of aromatic nitrogens is 1. The molecule has 88 valence electrons. The van der Waals surface area contributed by atoms with Gasteiger partial charge in [-0.15, -0.1) is 0 Å². The molecule has 0 aliphatic heterocycles. The summed E-state index contributed by atoms with van der Waals surface area (Å²) >= 11 is 3.13. The number of methoxy groups -OCH3 is 1. The third-order valence-corrected chi connectivity index (χ3v) is 2.84. The fraction of sp³-hybridized carbons (Fsp3) is 0.400. The summed E-state index contributed by atoms with van der Waals surface area (Å²) in [6.45, 7) is 1.66. The first kappa shape index (κ1) is 13.0. The second-order valence-corrected chi connectivity index (χ2v) is 3.94. The molecule has 1 heterocycles. The van der Waals surface area contributed by atoms with Crippen LogP contribution in [0.1, 0.15) is 23.2 Å². The van der Waals surface area contributed by atoms with Gasteiger partial charge in [-0.1, -0.05) is 0 Å². The maximum atomic E-state index is 12.7. The Balaban J connectivity index is 3.14. The van der Waals surface area contributed by atoms with Crippen LogP contribution < -0.4 is 0 Å². The van der Waals surface area contributed by atoms with Crippen molar-refractivity contribution in [2.75, 3.05) is 7.11 Å². The number of ether oxygens (including phenoxy) is 1. The van der Waals surface area contributed by atoms with E-state index in [9.17, 15) is 13.6 Å². The summed E-state index contributed by atoms with van der Waals surface area (Å²) in [4.78, 5) is 14.9. The van der Waals surface area contributed by atoms with Crippen molar-refractivity contribution in [3.8, 4) is 0 Å². The van der Waals surface area contributed by atoms with Gasteiger partial charge in [0.15, 0.2) is 0 Å². The van der Waals surface area contributed by atoms with Crippen LogP contribution in [-0.2, 0) is 16.0 Å². The number of hydrogen-bond acceptors (Lipinski definition) is 3. The zero-order valence-corrected chi connectivity index (χ0v) is 10.3. The number of rotatable bonds is 3. The lowest BCUT2D eigenvalue weighted by Crippen LogP contribution is -2.10. The van der Waals surface area contributed by atoms with E-state index in [1.165, 1.54) is 13.2 Å². The smallest absolute Gasteiger partial charge is 0.311 e. The molecule has 1 aromatic heterocycles. The van der Waals surface area contributed by atoms with Crippen molar-refractivity contribution in [2.24, 2.45) is 0 Å². The van der Waals surface area contributed by atoms with E-state index in [-0.39, 0.29) is 17.7 Å². The molecule has 16 heavy (non-hydrogen) atoms. The van der Waals surface area contributed by atoms with Crippen molar-refractivity contribution in [3.05, 3.63) is 27.5 Å². The van der Waals surface area contributed by atoms with Gasteiger partial charge in [0.1, 0.15) is 4.60 Å². The number of carbonyl (C=O) groups is 1. The Kier molecular flexibility index (Phi) is 4.35. The Hall–Kier alpha value is -1.04. The van der Waals surface area contributed by atoms with Gasteiger partial charge in [-0.25, -0.2) is 13.8 Å². The Labute approximate surface area is 99.9 Å². The molecule has 0 radical (unpaired) electrons. The first-order valence-electron chi connectivity index (χ1n) is 4.46. The number of pyridine rings is 1. The van der Waals surface area contributed by atoms with Crippen LogP contribution in [0.4, 0.5) is 8.78 Å². The van der Waals surface area contributed by atoms with Crippen molar-refractivity contribution in [1.29, 1.82) is 0 Å². The molecule has 0 aliphatic carbocycles. The van der Waals surface area contributed by atoms with Crippen LogP contribution in [0, 0.1) is 6.92 Å². The number of esters is 1. The largest absolute Gasteiger partial charge is 0.469 e. The number of carbonyl (C=O) groups excluding carboxylic acids is 1. The Morgan fingerprint density at radius 2 is 2.25 bits per heavy atom. The quantitative estimate of drug-likeness (QED) is 0.635. The minimum atomic E-state index is -2.65. The van der Waals surface area contributed by atoms with E-state index in [0.717, 1.165) is 0 Å². The molecule has 0 amide bonds. The summed E-state index contributed by atoms with van der Waals surface area (Å²) in [5, 5.41) is 0. The number of halogens is 3. The fourth-order valence-corrected chi connectivity index (χ4v) is 1.52. The third-order valence-electron chi connectivity index (χ3n) is 2.04. The summed E-state index contributed by atoms with van der Waals surface area (Å²) in [6.07, 6.45) is -2.91. The van der Waals surface area contributed by atoms with Crippen LogP contribution in [0.3, 0.4) is 0 Å². The first-order valence-corrected chi connectivity index (χ1v) is 5.26. The fourth-order valence-electron chi connectivity index (χ4n) is 1.19. The van der Waals surface area contributed by atoms with Crippen LogP contribution >= 0.6 is 15.9 Å². The maximum Gasteiger partial charge on any atom is 0.311 e. The highest BCUT2D eigenvalue weighted by Gasteiger charge is 2.18. The van der Waals surface area contributed by atoms with Gasteiger partial charge in [0.2, 0.25) is 0 Å². The summed E-state index contributed by atoms with van der Waals surface area (Å²) in [7, 11) is 1.20. The molecule has 0 atom stereocenters. The molecule has 0 spiro atoms. The highest BCUT2D eigenvalue weighted by Crippen LogP contribution is 2.26. The van der Waals surface area contributed by atoms with E-state index in [4.69, 9.17) is 0 Å². The molecular weight excluding hydrogens is 284 g/mol. The van der Waals surface area contributed by atoms with Crippen LogP contribution in [0.25, 0.3) is 0 Å². The summed E-state index contributed by atoms with van der Waals surface area (Å²) in [5.74, 6) is -0.592. The van der Waals surface area contributed by atoms with Crippen molar-refractivity contribution in [2.45, 2.75) is 19.8 Å². The Morgan fingerprint density at radius 1 is 1.62 bits per heavy atom. The topological polar surface area (TPSA) is 39.2 Å². The van der Waals surface area contributed by atoms with Crippen LogP contribution in [0.5, 0.6) is 0 Å². The molecule has 3 nitrogen and oxygen atoms in total. The molecule has 6 heteroatoms. The highest BCUT2D eigenvalue weighted by atomic mass is 79.9. The van der Waals surface area contributed by atoms with E-state index in [1.54, 1.807) is 6.92 Å². The van der Waals surface area contributed by atoms with Gasteiger partial charge in [0.25, 0.3) is 6.43 Å². The monoisotopic (exact) mass is 293 g/mol. The molecule has 0 saturated carbocycles. The molecule has 1 aromatic rings. The average molecular weight is 294 g/mol. The molecule has 0 aromatic carbocycles. The van der Waals surface area contributed by atoms with Crippen molar-refractivity contribution in [3.63, 3.8) is 0 Å². The lowest BCUT2D eigenvalue weighted by Gasteiger charge is -2.09. The summed E-state index contributed by atoms with van der Waals surface area (Å²) in [6, 6.07) is 1.32. The normalized spacial score (nSPS) is 10.6. The zero-order chi connectivity index (χ0) is 12.3. The van der Waals surface area contributed by atoms with E-state index in [2.05, 4.69) is 25.7 Å². The Morgan fingerprint density at radius 3 is 2.75 bits per heavy atom. The van der Waals surface area contributed by atoms with E-state index < -0.39 is 12.4 Å². The van der Waals surface area contributed by atoms with Crippen LogP contribution in [0.15, 0.2) is 10.7 Å². The predicted molar refractivity (Wildman–Crippen MR) is 57.4 cm³/mol. The minimum Gasteiger partial charge on any atom is -0.469 e. The second kappa shape index (κ2) is 5.34. The van der Waals surface area contributed by atoms with Crippen molar-refractivity contribution >= 4 is 21.9 Å². The summed E-state index contributed by atoms with van der Waals surface area (Å²) < 4.78 is 30.2. The van der Waals surface area contributed by atoms with Gasteiger partial charge in [-0.3, -0.25) is 4.79 Å². The molecule has 0 aliphatic rings. The van der Waals surface area contributed by atoms with Crippen LogP contribution in [-0.4, -0.2) is 18.1 Å². The Bertz CT molecular complexity index is 410. The first-order chi connectivity index (χ1) is 7.45. The third kappa shape index (κ3) is 2.98. The summed E-state index contributed by atoms with van der Waals surface area (Å²) in [5.41, 5.74) is 0.411. The van der Waals surface area contributed by atoms with E-state index >= 15 is 0 Å². The number of hydrogen-bond donors (Lipinski definition) is 0. The number of alkyl halides is 2. The molecule has 0 bridgehead atoms. The van der Waals surface area contributed by atoms with E-state index in [0.29, 0.717) is 10.2 Å². The van der Waals surface area contributed by atoms with Gasteiger partial charge in [0.05, 0.1) is 19.2 Å². The van der Waals surface area contributed by atoms with Gasteiger partial charge in [-0.05, 0) is 34.5 Å². The van der Waals surface area contributed by atoms with Gasteiger partial charge in [-0.2, -0.15) is 0 Å². The van der Waals surface area contributed by atoms with Crippen LogP contribution in [0.2, 0.25) is 0 Å². The second-order valence-electron chi connectivity index (χ2n) is 3.19. The predicted octanol–water partition coefficient (Wildman–Crippen LogP) is 2.81. The standard InChI is InChI=1S/C10H10BrF2NO2/c1-5-3-6(10(12)13)7(14-9(5)11)4-8(15)16-2/h3,10H,4H2,1-2H3. The minimum absolute atomic E-state index is 0.0410. The number of nitrogens with zero attached hydrogens (tertiary/aromatic N) is 1. The van der Waals surface area contributed by atoms with Gasteiger partial charge < -0.3 is 4.74 Å². The molecular formula is C10H10BrF2NO2. The lowest BCUT2D eigenvalue weighted by molar-refractivity contribution is -0.139. The highest BCUT2D eigenvalue weighted by molar-refractivity contribution is 9.10. The SMILES string of the molecule is COC(=O)Cc1nc(Br)c(C)cc1C(F)F. The maximum absolute atomic E-state index is 12.7. The molecule has 0 saturated heterocycles. The zero-order valence-electron chi connectivity index (χ0n) is 8.76. The lowest BCUT2D eigenvalue weighted by atomic mass is 10.1. The van der Waals surface area contributed by atoms with Crippen molar-refractivity contribution in [1.82, 2.24) is 4.98 Å².